The molecule has 3 aromatic rings. The van der Waals surface area contributed by atoms with E-state index in [0.29, 0.717) is 10.6 Å². The van der Waals surface area contributed by atoms with Gasteiger partial charge in [-0.2, -0.15) is 0 Å². The largest absolute Gasteiger partial charge is 0.361 e. The highest BCUT2D eigenvalue weighted by Crippen LogP contribution is 2.04. The van der Waals surface area contributed by atoms with Gasteiger partial charge in [0.25, 0.3) is 5.56 Å². The average Bonchev–Trinajstić information content (AvgIpc) is 2.82. The van der Waals surface area contributed by atoms with Crippen LogP contribution < -0.4 is 21.4 Å². The van der Waals surface area contributed by atoms with E-state index in [2.05, 4.69) is 17.0 Å². The molecule has 0 aliphatic rings. The number of anilines is 1. The van der Waals surface area contributed by atoms with Crippen molar-refractivity contribution in [1.82, 2.24) is 9.78 Å². The van der Waals surface area contributed by atoms with Crippen LogP contribution in [-0.4, -0.2) is 9.78 Å². The highest BCUT2D eigenvalue weighted by Gasteiger charge is 2.03. The Kier molecular flexibility index (Phi) is 3.43. The number of nitrogens with one attached hydrogen (secondary N) is 2. The zero-order valence-electron chi connectivity index (χ0n) is 11.4. The van der Waals surface area contributed by atoms with Crippen LogP contribution in [0.3, 0.4) is 0 Å². The topological polar surface area (TPSA) is 49.8 Å². The summed E-state index contributed by atoms with van der Waals surface area (Å²) in [5, 5.41) is 7.19. The maximum absolute atomic E-state index is 12.4. The van der Waals surface area contributed by atoms with E-state index in [9.17, 15) is 4.79 Å². The Hall–Kier alpha value is -3.01. The molecule has 1 heterocycles. The molecule has 21 heavy (non-hydrogen) atoms. The molecule has 4 heteroatoms. The first-order valence-electron chi connectivity index (χ1n) is 6.63. The summed E-state index contributed by atoms with van der Waals surface area (Å²) >= 11 is 0. The lowest BCUT2D eigenvalue weighted by molar-refractivity contribution is 0.838. The van der Waals surface area contributed by atoms with E-state index in [1.54, 1.807) is 6.20 Å². The highest BCUT2D eigenvalue weighted by molar-refractivity contribution is 5.53. The molecular formula is C17H15N3O. The summed E-state index contributed by atoms with van der Waals surface area (Å²) in [7, 11) is 0. The van der Waals surface area contributed by atoms with Gasteiger partial charge in [-0.15, -0.1) is 0 Å². The van der Waals surface area contributed by atoms with Crippen LogP contribution in [0.4, 0.5) is 5.69 Å². The Labute approximate surface area is 121 Å². The van der Waals surface area contributed by atoms with Gasteiger partial charge in [-0.1, -0.05) is 43.0 Å². The molecule has 0 aliphatic heterocycles. The molecule has 0 fully saturated rings. The molecule has 2 N–H and O–H groups in total. The zero-order chi connectivity index (χ0) is 14.7. The lowest BCUT2D eigenvalue weighted by Gasteiger charge is -1.99. The predicted octanol–water partition coefficient (Wildman–Crippen LogP) is 1.43. The van der Waals surface area contributed by atoms with Crippen molar-refractivity contribution in [3.8, 4) is 5.69 Å². The normalized spacial score (nSPS) is 11.5. The molecule has 0 unspecified atom stereocenters. The Bertz CT molecular complexity index is 893. The van der Waals surface area contributed by atoms with Crippen LogP contribution in [0, 0.1) is 0 Å². The van der Waals surface area contributed by atoms with Gasteiger partial charge in [0, 0.05) is 11.9 Å². The molecule has 2 aromatic carbocycles. The summed E-state index contributed by atoms with van der Waals surface area (Å²) in [5.41, 5.74) is 1.57. The minimum absolute atomic E-state index is 0.130. The van der Waals surface area contributed by atoms with Crippen molar-refractivity contribution in [3.05, 3.63) is 81.6 Å². The molecular weight excluding hydrogens is 262 g/mol. The smallest absolute Gasteiger partial charge is 0.280 e. The molecule has 4 nitrogen and oxygen atoms in total. The molecule has 0 radical (unpaired) electrons. The number of hydrogen-bond donors (Lipinski definition) is 2. The van der Waals surface area contributed by atoms with Gasteiger partial charge in [-0.3, -0.25) is 9.89 Å². The van der Waals surface area contributed by atoms with E-state index >= 15 is 0 Å². The van der Waals surface area contributed by atoms with E-state index in [-0.39, 0.29) is 5.56 Å². The third kappa shape index (κ3) is 2.65. The highest BCUT2D eigenvalue weighted by atomic mass is 16.1. The predicted molar refractivity (Wildman–Crippen MR) is 85.7 cm³/mol. The molecule has 0 amide bonds. The number of aromatic amines is 1. The first-order valence-corrected chi connectivity index (χ1v) is 6.63. The van der Waals surface area contributed by atoms with Crippen LogP contribution in [0.1, 0.15) is 0 Å². The van der Waals surface area contributed by atoms with E-state index < -0.39 is 0 Å². The number of para-hydroxylation sites is 2. The van der Waals surface area contributed by atoms with Crippen molar-refractivity contribution in [2.75, 3.05) is 5.32 Å². The standard InChI is InChI=1S/C17H15N3O/c1-13-16(12-18-14-8-4-2-5-9-14)17(21)20(19-13)15-10-6-3-7-11-15/h2-12,18-19H,1H2. The minimum Gasteiger partial charge on any atom is -0.361 e. The lowest BCUT2D eigenvalue weighted by atomic mass is 10.3. The van der Waals surface area contributed by atoms with Crippen molar-refractivity contribution in [3.63, 3.8) is 0 Å². The van der Waals surface area contributed by atoms with Crippen LogP contribution in [0.2, 0.25) is 0 Å². The van der Waals surface area contributed by atoms with Gasteiger partial charge in [-0.05, 0) is 24.3 Å². The van der Waals surface area contributed by atoms with Gasteiger partial charge in [0.05, 0.1) is 16.3 Å². The van der Waals surface area contributed by atoms with Gasteiger partial charge in [0.15, 0.2) is 0 Å². The molecule has 1 aromatic heterocycles. The summed E-state index contributed by atoms with van der Waals surface area (Å²) in [6, 6.07) is 19.1. The summed E-state index contributed by atoms with van der Waals surface area (Å²) < 4.78 is 1.49. The van der Waals surface area contributed by atoms with Crippen LogP contribution in [0.25, 0.3) is 18.5 Å². The average molecular weight is 277 g/mol. The molecule has 104 valence electrons. The Balaban J connectivity index is 2.03. The van der Waals surface area contributed by atoms with Crippen LogP contribution in [0.5, 0.6) is 0 Å². The second kappa shape index (κ2) is 5.54. The Morgan fingerprint density at radius 2 is 1.62 bits per heavy atom. The van der Waals surface area contributed by atoms with E-state index in [4.69, 9.17) is 0 Å². The number of aromatic nitrogens is 2. The number of H-pyrrole nitrogens is 1. The summed E-state index contributed by atoms with van der Waals surface area (Å²) in [6.45, 7) is 3.89. The molecule has 3 rings (SSSR count). The van der Waals surface area contributed by atoms with Gasteiger partial charge in [0.1, 0.15) is 0 Å². The van der Waals surface area contributed by atoms with E-state index in [1.165, 1.54) is 4.68 Å². The van der Waals surface area contributed by atoms with Crippen LogP contribution in [0.15, 0.2) is 65.5 Å². The maximum atomic E-state index is 12.4. The van der Waals surface area contributed by atoms with Crippen molar-refractivity contribution in [2.24, 2.45) is 0 Å². The molecule has 0 saturated heterocycles. The van der Waals surface area contributed by atoms with E-state index in [1.807, 2.05) is 60.7 Å². The number of nitrogens with zero attached hydrogens (tertiary/aromatic N) is 1. The summed E-state index contributed by atoms with van der Waals surface area (Å²) in [6.07, 6.45) is 1.68. The van der Waals surface area contributed by atoms with Crippen LogP contribution >= 0.6 is 0 Å². The fraction of sp³-hybridized carbons (Fsp3) is 0. The third-order valence-corrected chi connectivity index (χ3v) is 3.18. The number of rotatable bonds is 3. The van der Waals surface area contributed by atoms with Crippen LogP contribution in [-0.2, 0) is 0 Å². The monoisotopic (exact) mass is 277 g/mol. The van der Waals surface area contributed by atoms with Crippen molar-refractivity contribution < 1.29 is 0 Å². The second-order valence-electron chi connectivity index (χ2n) is 4.63. The molecule has 0 atom stereocenters. The molecule has 0 spiro atoms. The van der Waals surface area contributed by atoms with Gasteiger partial charge >= 0.3 is 0 Å². The van der Waals surface area contributed by atoms with Gasteiger partial charge in [-0.25, -0.2) is 4.68 Å². The first-order chi connectivity index (χ1) is 10.3. The Morgan fingerprint density at radius 1 is 1.00 bits per heavy atom. The summed E-state index contributed by atoms with van der Waals surface area (Å²) in [4.78, 5) is 12.4. The van der Waals surface area contributed by atoms with E-state index in [0.717, 1.165) is 11.4 Å². The maximum Gasteiger partial charge on any atom is 0.280 e. The van der Waals surface area contributed by atoms with Gasteiger partial charge in [0.2, 0.25) is 0 Å². The zero-order valence-corrected chi connectivity index (χ0v) is 11.4. The summed E-state index contributed by atoms with van der Waals surface area (Å²) in [5.74, 6) is 0. The SMILES string of the molecule is C=c1[nH]n(-c2ccccc2)c(=O)c1=CNc1ccccc1. The quantitative estimate of drug-likeness (QED) is 0.761. The number of benzene rings is 2. The molecule has 0 bridgehead atoms. The Morgan fingerprint density at radius 3 is 2.29 bits per heavy atom. The van der Waals surface area contributed by atoms with Crippen molar-refractivity contribution >= 4 is 18.5 Å². The fourth-order valence-corrected chi connectivity index (χ4v) is 2.09. The second-order valence-corrected chi connectivity index (χ2v) is 4.63. The minimum atomic E-state index is -0.130. The van der Waals surface area contributed by atoms with Crippen molar-refractivity contribution in [2.45, 2.75) is 0 Å². The first kappa shape index (κ1) is 13.0. The fourth-order valence-electron chi connectivity index (χ4n) is 2.09. The number of hydrogen-bond acceptors (Lipinski definition) is 2. The molecule has 0 saturated carbocycles. The third-order valence-electron chi connectivity index (χ3n) is 3.18. The van der Waals surface area contributed by atoms with Crippen molar-refractivity contribution in [1.29, 1.82) is 0 Å². The molecule has 0 aliphatic carbocycles. The lowest BCUT2D eigenvalue weighted by Crippen LogP contribution is -2.34. The van der Waals surface area contributed by atoms with Gasteiger partial charge < -0.3 is 5.32 Å².